The lowest BCUT2D eigenvalue weighted by molar-refractivity contribution is -0.384. The molecule has 0 aliphatic rings. The van der Waals surface area contributed by atoms with Crippen molar-refractivity contribution in [1.29, 1.82) is 0 Å². The third kappa shape index (κ3) is 4.85. The number of ether oxygens (including phenoxy) is 2. The maximum atomic E-state index is 13.7. The topological polar surface area (TPSA) is 118 Å². The Morgan fingerprint density at radius 3 is 2.60 bits per heavy atom. The van der Waals surface area contributed by atoms with Gasteiger partial charge in [0, 0.05) is 23.8 Å². The first-order valence-corrected chi connectivity index (χ1v) is 8.68. The van der Waals surface area contributed by atoms with E-state index >= 15 is 0 Å². The van der Waals surface area contributed by atoms with E-state index in [0.29, 0.717) is 11.1 Å². The number of carbonyl (C=O) groups excluding carboxylic acids is 1. The lowest BCUT2D eigenvalue weighted by atomic mass is 10.2. The second kappa shape index (κ2) is 8.95. The number of rotatable bonds is 7. The molecule has 3 rings (SSSR count). The SMILES string of the molecule is COc1ccc(/C=C/C(=O)O[C@H](C)c2nnc(-c3ccc([N+](=O)[O-])cc3)o2)cc1F. The summed E-state index contributed by atoms with van der Waals surface area (Å²) in [5.41, 5.74) is 0.875. The van der Waals surface area contributed by atoms with Crippen LogP contribution in [-0.4, -0.2) is 28.2 Å². The van der Waals surface area contributed by atoms with Crippen molar-refractivity contribution < 1.29 is 28.0 Å². The summed E-state index contributed by atoms with van der Waals surface area (Å²) in [6.07, 6.45) is 1.70. The van der Waals surface area contributed by atoms with E-state index in [4.69, 9.17) is 13.9 Å². The standard InChI is InChI=1S/C20H16FN3O6/c1-12(29-18(25)10-4-13-3-9-17(28-2)16(21)11-13)19-22-23-20(30-19)14-5-7-15(8-6-14)24(26)27/h3-12H,1-2H3/b10-4+/t12-/m1/s1. The highest BCUT2D eigenvalue weighted by Crippen LogP contribution is 2.24. The van der Waals surface area contributed by atoms with Crippen molar-refractivity contribution in [1.82, 2.24) is 10.2 Å². The summed E-state index contributed by atoms with van der Waals surface area (Å²) < 4.78 is 29.2. The molecule has 30 heavy (non-hydrogen) atoms. The molecule has 154 valence electrons. The van der Waals surface area contributed by atoms with Gasteiger partial charge in [0.05, 0.1) is 12.0 Å². The van der Waals surface area contributed by atoms with Gasteiger partial charge in [-0.05, 0) is 42.8 Å². The molecule has 2 aromatic carbocycles. The molecule has 0 unspecified atom stereocenters. The van der Waals surface area contributed by atoms with Crippen molar-refractivity contribution in [2.24, 2.45) is 0 Å². The molecule has 10 heteroatoms. The smallest absolute Gasteiger partial charge is 0.331 e. The molecule has 0 spiro atoms. The molecule has 1 aromatic heterocycles. The summed E-state index contributed by atoms with van der Waals surface area (Å²) in [7, 11) is 1.36. The highest BCUT2D eigenvalue weighted by Gasteiger charge is 2.18. The number of esters is 1. The van der Waals surface area contributed by atoms with Gasteiger partial charge < -0.3 is 13.9 Å². The molecule has 0 radical (unpaired) electrons. The fraction of sp³-hybridized carbons (Fsp3) is 0.150. The van der Waals surface area contributed by atoms with Crippen molar-refractivity contribution in [3.05, 3.63) is 75.9 Å². The number of aromatic nitrogens is 2. The number of nitro benzene ring substituents is 1. The first-order valence-electron chi connectivity index (χ1n) is 8.68. The van der Waals surface area contributed by atoms with E-state index in [1.54, 1.807) is 13.0 Å². The number of carbonyl (C=O) groups is 1. The predicted molar refractivity (Wildman–Crippen MR) is 103 cm³/mol. The van der Waals surface area contributed by atoms with Gasteiger partial charge in [-0.1, -0.05) is 6.07 Å². The van der Waals surface area contributed by atoms with E-state index < -0.39 is 22.8 Å². The molecule has 3 aromatic rings. The second-order valence-electron chi connectivity index (χ2n) is 6.06. The van der Waals surface area contributed by atoms with Gasteiger partial charge >= 0.3 is 5.97 Å². The second-order valence-corrected chi connectivity index (χ2v) is 6.06. The van der Waals surface area contributed by atoms with Crippen LogP contribution in [0.2, 0.25) is 0 Å². The third-order valence-corrected chi connectivity index (χ3v) is 3.99. The summed E-state index contributed by atoms with van der Waals surface area (Å²) in [6.45, 7) is 1.55. The van der Waals surface area contributed by atoms with Crippen molar-refractivity contribution >= 4 is 17.7 Å². The number of nitrogens with zero attached hydrogens (tertiary/aromatic N) is 3. The van der Waals surface area contributed by atoms with Crippen molar-refractivity contribution in [2.45, 2.75) is 13.0 Å². The Kier molecular flexibility index (Phi) is 6.16. The van der Waals surface area contributed by atoms with Gasteiger partial charge in [-0.2, -0.15) is 0 Å². The molecule has 9 nitrogen and oxygen atoms in total. The van der Waals surface area contributed by atoms with Crippen LogP contribution in [0.15, 0.2) is 53.0 Å². The summed E-state index contributed by atoms with van der Waals surface area (Å²) in [5, 5.41) is 18.4. The molecular weight excluding hydrogens is 397 g/mol. The quantitative estimate of drug-likeness (QED) is 0.246. The van der Waals surface area contributed by atoms with Gasteiger partial charge in [-0.25, -0.2) is 9.18 Å². The summed E-state index contributed by atoms with van der Waals surface area (Å²) in [5.74, 6) is -0.948. The first-order chi connectivity index (χ1) is 14.4. The van der Waals surface area contributed by atoms with Crippen LogP contribution in [0, 0.1) is 15.9 Å². The minimum Gasteiger partial charge on any atom is -0.494 e. The van der Waals surface area contributed by atoms with Crippen LogP contribution < -0.4 is 4.74 Å². The maximum absolute atomic E-state index is 13.7. The van der Waals surface area contributed by atoms with Crippen molar-refractivity contribution in [3.8, 4) is 17.2 Å². The van der Waals surface area contributed by atoms with Gasteiger partial charge in [0.2, 0.25) is 5.89 Å². The largest absolute Gasteiger partial charge is 0.494 e. The lowest BCUT2D eigenvalue weighted by Crippen LogP contribution is -2.06. The van der Waals surface area contributed by atoms with E-state index in [-0.39, 0.29) is 23.2 Å². The Labute approximate surface area is 169 Å². The van der Waals surface area contributed by atoms with Crippen LogP contribution in [0.25, 0.3) is 17.5 Å². The van der Waals surface area contributed by atoms with Gasteiger partial charge in [0.25, 0.3) is 11.6 Å². The van der Waals surface area contributed by atoms with E-state index in [1.165, 1.54) is 49.6 Å². The summed E-state index contributed by atoms with van der Waals surface area (Å²) >= 11 is 0. The van der Waals surface area contributed by atoms with E-state index in [2.05, 4.69) is 10.2 Å². The van der Waals surface area contributed by atoms with Crippen LogP contribution in [-0.2, 0) is 9.53 Å². The molecule has 1 heterocycles. The number of non-ortho nitro benzene ring substituents is 1. The zero-order chi connectivity index (χ0) is 21.7. The van der Waals surface area contributed by atoms with E-state index in [1.807, 2.05) is 0 Å². The highest BCUT2D eigenvalue weighted by atomic mass is 19.1. The van der Waals surface area contributed by atoms with Crippen LogP contribution >= 0.6 is 0 Å². The predicted octanol–water partition coefficient (Wildman–Crippen LogP) is 4.11. The molecule has 0 bridgehead atoms. The average Bonchev–Trinajstić information content (AvgIpc) is 3.23. The molecule has 0 N–H and O–H groups in total. The summed E-state index contributed by atoms with van der Waals surface area (Å²) in [4.78, 5) is 22.2. The van der Waals surface area contributed by atoms with Crippen LogP contribution in [0.3, 0.4) is 0 Å². The van der Waals surface area contributed by atoms with E-state index in [9.17, 15) is 19.3 Å². The zero-order valence-electron chi connectivity index (χ0n) is 15.9. The number of hydrogen-bond acceptors (Lipinski definition) is 8. The Morgan fingerprint density at radius 1 is 1.23 bits per heavy atom. The van der Waals surface area contributed by atoms with Crippen molar-refractivity contribution in [2.75, 3.05) is 7.11 Å². The molecule has 0 aliphatic heterocycles. The fourth-order valence-electron chi connectivity index (χ4n) is 2.46. The van der Waals surface area contributed by atoms with Crippen LogP contribution in [0.1, 0.15) is 24.5 Å². The van der Waals surface area contributed by atoms with Gasteiger partial charge in [0.15, 0.2) is 17.7 Å². The van der Waals surface area contributed by atoms with E-state index in [0.717, 1.165) is 6.08 Å². The number of hydrogen-bond donors (Lipinski definition) is 0. The monoisotopic (exact) mass is 413 g/mol. The molecular formula is C20H16FN3O6. The van der Waals surface area contributed by atoms with Gasteiger partial charge in [-0.3, -0.25) is 10.1 Å². The maximum Gasteiger partial charge on any atom is 0.331 e. The number of benzene rings is 2. The molecule has 0 aliphatic carbocycles. The van der Waals surface area contributed by atoms with Crippen LogP contribution in [0.5, 0.6) is 5.75 Å². The Morgan fingerprint density at radius 2 is 1.97 bits per heavy atom. The third-order valence-electron chi connectivity index (χ3n) is 3.99. The van der Waals surface area contributed by atoms with Gasteiger partial charge in [-0.15, -0.1) is 10.2 Å². The summed E-state index contributed by atoms with van der Waals surface area (Å²) in [6, 6.07) is 9.84. The number of nitro groups is 1. The van der Waals surface area contributed by atoms with Gasteiger partial charge in [0.1, 0.15) is 0 Å². The lowest BCUT2D eigenvalue weighted by Gasteiger charge is -2.07. The average molecular weight is 413 g/mol. The zero-order valence-corrected chi connectivity index (χ0v) is 15.9. The molecule has 0 saturated carbocycles. The molecule has 1 atom stereocenters. The highest BCUT2D eigenvalue weighted by molar-refractivity contribution is 5.87. The Hall–Kier alpha value is -4.08. The number of methoxy groups -OCH3 is 1. The Balaban J connectivity index is 1.63. The molecule has 0 fully saturated rings. The fourth-order valence-corrected chi connectivity index (χ4v) is 2.46. The molecule has 0 amide bonds. The Bertz CT molecular complexity index is 1090. The minimum absolute atomic E-state index is 0.0561. The number of halogens is 1. The van der Waals surface area contributed by atoms with Crippen LogP contribution in [0.4, 0.5) is 10.1 Å². The first kappa shape index (κ1) is 20.6. The molecule has 0 saturated heterocycles. The van der Waals surface area contributed by atoms with Crippen molar-refractivity contribution in [3.63, 3.8) is 0 Å². The normalized spacial score (nSPS) is 12.0. The minimum atomic E-state index is -0.839.